The fourth-order valence-corrected chi connectivity index (χ4v) is 3.53. The highest BCUT2D eigenvalue weighted by Crippen LogP contribution is 2.31. The second-order valence-electron chi connectivity index (χ2n) is 6.06. The first-order valence-electron chi connectivity index (χ1n) is 8.84. The highest BCUT2D eigenvalue weighted by molar-refractivity contribution is 7.17. The monoisotopic (exact) mass is 390 g/mol. The molecule has 2 heterocycles. The zero-order valence-corrected chi connectivity index (χ0v) is 16.4. The minimum Gasteiger partial charge on any atom is -0.469 e. The SMILES string of the molecule is CCOc1nnc(N2C(=O)N(C)CCC2OC(=O)c2cccc(CC)c2)s1. The third kappa shape index (κ3) is 4.19. The van der Waals surface area contributed by atoms with Crippen LogP contribution in [0.1, 0.15) is 36.2 Å². The lowest BCUT2D eigenvalue weighted by atomic mass is 10.1. The number of hydrogen-bond acceptors (Lipinski definition) is 7. The first-order valence-corrected chi connectivity index (χ1v) is 9.65. The third-order valence-electron chi connectivity index (χ3n) is 4.22. The Morgan fingerprint density at radius 1 is 1.33 bits per heavy atom. The van der Waals surface area contributed by atoms with Crippen molar-refractivity contribution in [3.05, 3.63) is 35.4 Å². The number of esters is 1. The second-order valence-corrected chi connectivity index (χ2v) is 6.98. The maximum atomic E-state index is 12.7. The number of carbonyl (C=O) groups excluding carboxylic acids is 2. The lowest BCUT2D eigenvalue weighted by Crippen LogP contribution is -2.54. The quantitative estimate of drug-likeness (QED) is 0.705. The molecule has 1 aliphatic heterocycles. The number of anilines is 1. The van der Waals surface area contributed by atoms with Gasteiger partial charge in [-0.1, -0.05) is 24.2 Å². The van der Waals surface area contributed by atoms with Gasteiger partial charge in [0.25, 0.3) is 5.19 Å². The van der Waals surface area contributed by atoms with E-state index in [1.54, 1.807) is 18.0 Å². The van der Waals surface area contributed by atoms with Crippen LogP contribution in [0.15, 0.2) is 24.3 Å². The van der Waals surface area contributed by atoms with Crippen molar-refractivity contribution in [2.75, 3.05) is 25.1 Å². The molecule has 2 aromatic rings. The molecule has 1 atom stereocenters. The molecule has 1 aliphatic rings. The van der Waals surface area contributed by atoms with Gasteiger partial charge in [0, 0.05) is 20.0 Å². The minimum absolute atomic E-state index is 0.291. The predicted octanol–water partition coefficient (Wildman–Crippen LogP) is 2.94. The van der Waals surface area contributed by atoms with Gasteiger partial charge in [-0.3, -0.25) is 0 Å². The van der Waals surface area contributed by atoms with Gasteiger partial charge in [0.2, 0.25) is 5.13 Å². The molecule has 0 saturated carbocycles. The summed E-state index contributed by atoms with van der Waals surface area (Å²) in [6.07, 6.45) is 0.560. The highest BCUT2D eigenvalue weighted by Gasteiger charge is 2.37. The van der Waals surface area contributed by atoms with Crippen LogP contribution in [0.25, 0.3) is 0 Å². The van der Waals surface area contributed by atoms with Gasteiger partial charge in [-0.25, -0.2) is 14.5 Å². The van der Waals surface area contributed by atoms with E-state index >= 15 is 0 Å². The van der Waals surface area contributed by atoms with Crippen LogP contribution in [0.2, 0.25) is 0 Å². The summed E-state index contributed by atoms with van der Waals surface area (Å²) in [7, 11) is 1.70. The van der Waals surface area contributed by atoms with Gasteiger partial charge in [-0.15, -0.1) is 5.10 Å². The van der Waals surface area contributed by atoms with Crippen molar-refractivity contribution >= 4 is 28.5 Å². The number of hydrogen-bond donors (Lipinski definition) is 0. The number of carbonyl (C=O) groups is 2. The molecule has 27 heavy (non-hydrogen) atoms. The van der Waals surface area contributed by atoms with E-state index in [-0.39, 0.29) is 6.03 Å². The molecule has 1 aromatic heterocycles. The molecule has 0 bridgehead atoms. The molecular weight excluding hydrogens is 368 g/mol. The molecule has 1 fully saturated rings. The molecule has 1 aromatic carbocycles. The molecule has 1 unspecified atom stereocenters. The summed E-state index contributed by atoms with van der Waals surface area (Å²) >= 11 is 1.15. The normalized spacial score (nSPS) is 17.1. The molecular formula is C18H22N4O4S. The van der Waals surface area contributed by atoms with Crippen molar-refractivity contribution in [2.24, 2.45) is 0 Å². The Balaban J connectivity index is 1.82. The number of nitrogens with zero attached hydrogens (tertiary/aromatic N) is 4. The lowest BCUT2D eigenvalue weighted by molar-refractivity contribution is 0.0229. The van der Waals surface area contributed by atoms with Gasteiger partial charge in [0.15, 0.2) is 6.23 Å². The summed E-state index contributed by atoms with van der Waals surface area (Å²) in [4.78, 5) is 28.2. The molecule has 144 valence electrons. The van der Waals surface area contributed by atoms with Crippen LogP contribution in [-0.2, 0) is 11.2 Å². The van der Waals surface area contributed by atoms with Gasteiger partial charge in [0.1, 0.15) is 0 Å². The van der Waals surface area contributed by atoms with E-state index in [4.69, 9.17) is 9.47 Å². The van der Waals surface area contributed by atoms with Crippen molar-refractivity contribution in [2.45, 2.75) is 32.9 Å². The van der Waals surface area contributed by atoms with E-state index < -0.39 is 12.2 Å². The number of urea groups is 1. The number of rotatable bonds is 6. The predicted molar refractivity (Wildman–Crippen MR) is 101 cm³/mol. The van der Waals surface area contributed by atoms with E-state index in [0.717, 1.165) is 23.3 Å². The summed E-state index contributed by atoms with van der Waals surface area (Å²) in [5.41, 5.74) is 1.51. The van der Waals surface area contributed by atoms with Crippen molar-refractivity contribution < 1.29 is 19.1 Å². The number of benzene rings is 1. The Morgan fingerprint density at radius 3 is 2.89 bits per heavy atom. The van der Waals surface area contributed by atoms with Crippen LogP contribution in [0, 0.1) is 0 Å². The van der Waals surface area contributed by atoms with Crippen molar-refractivity contribution in [1.29, 1.82) is 0 Å². The Morgan fingerprint density at radius 2 is 2.15 bits per heavy atom. The van der Waals surface area contributed by atoms with Crippen LogP contribution in [0.3, 0.4) is 0 Å². The fourth-order valence-electron chi connectivity index (χ4n) is 2.74. The summed E-state index contributed by atoms with van der Waals surface area (Å²) in [6, 6.07) is 7.01. The van der Waals surface area contributed by atoms with Crippen molar-refractivity contribution in [1.82, 2.24) is 15.1 Å². The summed E-state index contributed by atoms with van der Waals surface area (Å²) in [5, 5.41) is 8.67. The average molecular weight is 390 g/mol. The summed E-state index contributed by atoms with van der Waals surface area (Å²) in [6.45, 7) is 4.80. The first-order chi connectivity index (χ1) is 13.0. The number of ether oxygens (including phenoxy) is 2. The van der Waals surface area contributed by atoms with Crippen LogP contribution in [0.4, 0.5) is 9.93 Å². The van der Waals surface area contributed by atoms with Crippen LogP contribution in [-0.4, -0.2) is 53.5 Å². The van der Waals surface area contributed by atoms with Crippen LogP contribution >= 0.6 is 11.3 Å². The van der Waals surface area contributed by atoms with Gasteiger partial charge < -0.3 is 14.4 Å². The van der Waals surface area contributed by atoms with E-state index in [0.29, 0.717) is 35.5 Å². The third-order valence-corrected chi connectivity index (χ3v) is 5.05. The molecule has 2 amide bonds. The van der Waals surface area contributed by atoms with Crippen LogP contribution in [0.5, 0.6) is 5.19 Å². The Labute approximate surface area is 161 Å². The van der Waals surface area contributed by atoms with Crippen molar-refractivity contribution in [3.63, 3.8) is 0 Å². The van der Waals surface area contributed by atoms with E-state index in [1.807, 2.05) is 32.0 Å². The Hall–Kier alpha value is -2.68. The first kappa shape index (κ1) is 19.1. The standard InChI is InChI=1S/C18H22N4O4S/c1-4-12-7-6-8-13(11-12)15(23)26-14-9-10-21(3)18(24)22(14)16-19-20-17(27-16)25-5-2/h6-8,11,14H,4-5,9-10H2,1-3H3. The average Bonchev–Trinajstić information content (AvgIpc) is 3.13. The maximum Gasteiger partial charge on any atom is 0.340 e. The summed E-state index contributed by atoms with van der Waals surface area (Å²) in [5.74, 6) is -0.466. The summed E-state index contributed by atoms with van der Waals surface area (Å²) < 4.78 is 11.0. The van der Waals surface area contributed by atoms with Gasteiger partial charge in [0.05, 0.1) is 12.2 Å². The Bertz CT molecular complexity index is 825. The molecule has 1 saturated heterocycles. The molecule has 3 rings (SSSR count). The zero-order chi connectivity index (χ0) is 19.4. The van der Waals surface area contributed by atoms with Gasteiger partial charge in [-0.05, 0) is 42.4 Å². The molecule has 8 nitrogen and oxygen atoms in total. The highest BCUT2D eigenvalue weighted by atomic mass is 32.1. The maximum absolute atomic E-state index is 12.7. The number of aryl methyl sites for hydroxylation is 1. The molecule has 0 N–H and O–H groups in total. The Kier molecular flexibility index (Phi) is 5.90. The molecule has 0 aliphatic carbocycles. The number of aromatic nitrogens is 2. The van der Waals surface area contributed by atoms with Gasteiger partial charge >= 0.3 is 12.0 Å². The van der Waals surface area contributed by atoms with Crippen LogP contribution < -0.4 is 9.64 Å². The number of amides is 2. The zero-order valence-electron chi connectivity index (χ0n) is 15.5. The van der Waals surface area contributed by atoms with E-state index in [9.17, 15) is 9.59 Å². The molecule has 9 heteroatoms. The second kappa shape index (κ2) is 8.34. The van der Waals surface area contributed by atoms with E-state index in [1.165, 1.54) is 4.90 Å². The van der Waals surface area contributed by atoms with Gasteiger partial charge in [-0.2, -0.15) is 0 Å². The minimum atomic E-state index is -0.742. The topological polar surface area (TPSA) is 84.9 Å². The van der Waals surface area contributed by atoms with Crippen molar-refractivity contribution in [3.8, 4) is 5.19 Å². The molecule has 0 radical (unpaired) electrons. The smallest absolute Gasteiger partial charge is 0.340 e. The molecule has 0 spiro atoms. The van der Waals surface area contributed by atoms with E-state index in [2.05, 4.69) is 10.2 Å². The lowest BCUT2D eigenvalue weighted by Gasteiger charge is -2.37. The fraction of sp³-hybridized carbons (Fsp3) is 0.444. The largest absolute Gasteiger partial charge is 0.469 e.